The van der Waals surface area contributed by atoms with Crippen LogP contribution in [0.25, 0.3) is 0 Å². The molecule has 0 atom stereocenters. The zero-order valence-corrected chi connectivity index (χ0v) is 12.0. The third-order valence-corrected chi connectivity index (χ3v) is 3.97. The Labute approximate surface area is 119 Å². The number of nitrogens with one attached hydrogen (secondary N) is 1. The molecule has 1 N–H and O–H groups in total. The van der Waals surface area contributed by atoms with E-state index in [0.29, 0.717) is 36.9 Å². The molecule has 8 heteroatoms. The van der Waals surface area contributed by atoms with Crippen LogP contribution in [0.3, 0.4) is 0 Å². The van der Waals surface area contributed by atoms with Crippen molar-refractivity contribution in [1.82, 2.24) is 9.88 Å². The lowest BCUT2D eigenvalue weighted by atomic mass is 10.1. The van der Waals surface area contributed by atoms with Gasteiger partial charge in [0, 0.05) is 30.1 Å². The molecule has 104 valence electrons. The molecule has 0 spiro atoms. The van der Waals surface area contributed by atoms with Crippen molar-refractivity contribution in [3.8, 4) is 0 Å². The highest BCUT2D eigenvalue weighted by molar-refractivity contribution is 7.15. The number of thiazole rings is 1. The van der Waals surface area contributed by atoms with E-state index < -0.39 is 6.09 Å². The molecule has 1 aliphatic heterocycles. The zero-order chi connectivity index (χ0) is 13.8. The van der Waals surface area contributed by atoms with Crippen LogP contribution >= 0.6 is 22.9 Å². The number of carbonyl (C=O) groups is 2. The lowest BCUT2D eigenvalue weighted by Gasteiger charge is -2.25. The van der Waals surface area contributed by atoms with E-state index in [-0.39, 0.29) is 5.91 Å². The topological polar surface area (TPSA) is 71.5 Å². The zero-order valence-electron chi connectivity index (χ0n) is 10.4. The van der Waals surface area contributed by atoms with Gasteiger partial charge in [-0.3, -0.25) is 10.1 Å². The van der Waals surface area contributed by atoms with Crippen molar-refractivity contribution in [2.75, 3.05) is 24.9 Å². The van der Waals surface area contributed by atoms with Gasteiger partial charge in [0.25, 0.3) is 0 Å². The SMILES string of the molecule is COC(=O)Nc1nc2c(s1)CN(C(=O)CCCl)CC2. The van der Waals surface area contributed by atoms with Crippen molar-refractivity contribution < 1.29 is 14.3 Å². The Morgan fingerprint density at radius 1 is 1.58 bits per heavy atom. The fraction of sp³-hybridized carbons (Fsp3) is 0.545. The lowest BCUT2D eigenvalue weighted by Crippen LogP contribution is -2.35. The number of methoxy groups -OCH3 is 1. The first kappa shape index (κ1) is 14.1. The minimum absolute atomic E-state index is 0.0523. The van der Waals surface area contributed by atoms with E-state index >= 15 is 0 Å². The van der Waals surface area contributed by atoms with E-state index in [1.54, 1.807) is 4.90 Å². The molecule has 0 aromatic carbocycles. The predicted octanol–water partition coefficient (Wildman–Crippen LogP) is 1.83. The number of hydrogen-bond donors (Lipinski definition) is 1. The van der Waals surface area contributed by atoms with Crippen molar-refractivity contribution >= 4 is 40.1 Å². The van der Waals surface area contributed by atoms with Crippen LogP contribution < -0.4 is 5.32 Å². The highest BCUT2D eigenvalue weighted by atomic mass is 35.5. The first-order valence-electron chi connectivity index (χ1n) is 5.81. The third kappa shape index (κ3) is 3.36. The first-order valence-corrected chi connectivity index (χ1v) is 7.16. The first-order chi connectivity index (χ1) is 9.13. The molecular formula is C11H14ClN3O3S. The van der Waals surface area contributed by atoms with E-state index in [1.807, 2.05) is 0 Å². The summed E-state index contributed by atoms with van der Waals surface area (Å²) < 4.78 is 4.51. The summed E-state index contributed by atoms with van der Waals surface area (Å²) in [5, 5.41) is 3.04. The van der Waals surface area contributed by atoms with Gasteiger partial charge in [-0.25, -0.2) is 9.78 Å². The van der Waals surface area contributed by atoms with E-state index in [2.05, 4.69) is 15.0 Å². The molecule has 2 amide bonds. The lowest BCUT2D eigenvalue weighted by molar-refractivity contribution is -0.131. The number of alkyl halides is 1. The van der Waals surface area contributed by atoms with Crippen LogP contribution in [0.15, 0.2) is 0 Å². The van der Waals surface area contributed by atoms with Crippen molar-refractivity contribution in [3.05, 3.63) is 10.6 Å². The fourth-order valence-corrected chi connectivity index (χ4v) is 3.01. The van der Waals surface area contributed by atoms with Gasteiger partial charge in [0.15, 0.2) is 5.13 Å². The van der Waals surface area contributed by atoms with Gasteiger partial charge >= 0.3 is 6.09 Å². The molecule has 0 radical (unpaired) electrons. The number of hydrogen-bond acceptors (Lipinski definition) is 5. The Hall–Kier alpha value is -1.34. The highest BCUT2D eigenvalue weighted by Gasteiger charge is 2.24. The van der Waals surface area contributed by atoms with Crippen LogP contribution in [0.1, 0.15) is 17.0 Å². The molecule has 1 aromatic heterocycles. The van der Waals surface area contributed by atoms with Gasteiger partial charge in [-0.2, -0.15) is 0 Å². The molecule has 6 nitrogen and oxygen atoms in total. The summed E-state index contributed by atoms with van der Waals surface area (Å²) in [5.41, 5.74) is 0.936. The van der Waals surface area contributed by atoms with Gasteiger partial charge in [0.2, 0.25) is 5.91 Å². The molecule has 0 aliphatic carbocycles. The van der Waals surface area contributed by atoms with E-state index in [4.69, 9.17) is 11.6 Å². The van der Waals surface area contributed by atoms with Crippen LogP contribution in [-0.2, 0) is 22.5 Å². The van der Waals surface area contributed by atoms with Gasteiger partial charge in [-0.15, -0.1) is 11.6 Å². The Kier molecular flexibility index (Phi) is 4.60. The summed E-state index contributed by atoms with van der Waals surface area (Å²) in [6.07, 6.45) is 0.507. The van der Waals surface area contributed by atoms with E-state index in [1.165, 1.54) is 18.4 Å². The smallest absolute Gasteiger partial charge is 0.413 e. The van der Waals surface area contributed by atoms with E-state index in [0.717, 1.165) is 10.6 Å². The fourth-order valence-electron chi connectivity index (χ4n) is 1.84. The van der Waals surface area contributed by atoms with Crippen molar-refractivity contribution in [2.24, 2.45) is 0 Å². The van der Waals surface area contributed by atoms with Crippen LogP contribution in [0.5, 0.6) is 0 Å². The molecular weight excluding hydrogens is 290 g/mol. The van der Waals surface area contributed by atoms with Gasteiger partial charge in [0.05, 0.1) is 19.3 Å². The molecule has 19 heavy (non-hydrogen) atoms. The Bertz CT molecular complexity index is 492. The normalized spacial score (nSPS) is 13.9. The Morgan fingerprint density at radius 2 is 2.37 bits per heavy atom. The van der Waals surface area contributed by atoms with Crippen LogP contribution in [-0.4, -0.2) is 41.4 Å². The third-order valence-electron chi connectivity index (χ3n) is 2.79. The number of amides is 2. The number of anilines is 1. The number of rotatable bonds is 3. The maximum Gasteiger partial charge on any atom is 0.413 e. The summed E-state index contributed by atoms with van der Waals surface area (Å²) in [5.74, 6) is 0.386. The number of halogens is 1. The summed E-state index contributed by atoms with van der Waals surface area (Å²) in [6.45, 7) is 1.18. The van der Waals surface area contributed by atoms with Crippen LogP contribution in [0.4, 0.5) is 9.93 Å². The van der Waals surface area contributed by atoms with Gasteiger partial charge < -0.3 is 9.64 Å². The minimum atomic E-state index is -0.541. The second-order valence-electron chi connectivity index (χ2n) is 4.01. The summed E-state index contributed by atoms with van der Waals surface area (Å²) in [6, 6.07) is 0. The van der Waals surface area contributed by atoms with Crippen molar-refractivity contribution in [1.29, 1.82) is 0 Å². The van der Waals surface area contributed by atoms with Crippen molar-refractivity contribution in [2.45, 2.75) is 19.4 Å². The largest absolute Gasteiger partial charge is 0.453 e. The van der Waals surface area contributed by atoms with Gasteiger partial charge in [-0.1, -0.05) is 11.3 Å². The molecule has 2 rings (SSSR count). The van der Waals surface area contributed by atoms with Crippen LogP contribution in [0, 0.1) is 0 Å². The molecule has 0 bridgehead atoms. The maximum atomic E-state index is 11.8. The maximum absolute atomic E-state index is 11.8. The number of aromatic nitrogens is 1. The van der Waals surface area contributed by atoms with E-state index in [9.17, 15) is 9.59 Å². The quantitative estimate of drug-likeness (QED) is 0.865. The standard InChI is InChI=1S/C11H14ClN3O3S/c1-18-11(17)14-10-13-7-3-5-15(6-8(7)19-10)9(16)2-4-12/h2-6H2,1H3,(H,13,14,17). The average molecular weight is 304 g/mol. The molecule has 0 fully saturated rings. The molecule has 0 unspecified atom stereocenters. The predicted molar refractivity (Wildman–Crippen MR) is 72.6 cm³/mol. The summed E-state index contributed by atoms with van der Waals surface area (Å²) >= 11 is 6.94. The number of ether oxygens (including phenoxy) is 1. The molecule has 0 saturated carbocycles. The second-order valence-corrected chi connectivity index (χ2v) is 5.47. The van der Waals surface area contributed by atoms with Crippen LogP contribution in [0.2, 0.25) is 0 Å². The minimum Gasteiger partial charge on any atom is -0.453 e. The number of fused-ring (bicyclic) bond motifs is 1. The average Bonchev–Trinajstić information content (AvgIpc) is 2.79. The van der Waals surface area contributed by atoms with Crippen molar-refractivity contribution in [3.63, 3.8) is 0 Å². The monoisotopic (exact) mass is 303 g/mol. The number of carbonyl (C=O) groups excluding carboxylic acids is 2. The highest BCUT2D eigenvalue weighted by Crippen LogP contribution is 2.28. The Morgan fingerprint density at radius 3 is 3.05 bits per heavy atom. The second kappa shape index (κ2) is 6.21. The van der Waals surface area contributed by atoms with Gasteiger partial charge in [-0.05, 0) is 0 Å². The summed E-state index contributed by atoms with van der Waals surface area (Å²) in [7, 11) is 1.30. The number of nitrogens with zero attached hydrogens (tertiary/aromatic N) is 2. The summed E-state index contributed by atoms with van der Waals surface area (Å²) in [4.78, 5) is 30.0. The van der Waals surface area contributed by atoms with Gasteiger partial charge in [0.1, 0.15) is 0 Å². The Balaban J connectivity index is 2.04. The molecule has 1 aliphatic rings. The molecule has 0 saturated heterocycles. The molecule has 1 aromatic rings. The molecule has 2 heterocycles.